The summed E-state index contributed by atoms with van der Waals surface area (Å²) in [5.74, 6) is -1.04. The van der Waals surface area contributed by atoms with Gasteiger partial charge in [0.2, 0.25) is 11.8 Å². The highest BCUT2D eigenvalue weighted by atomic mass is 16.3. The van der Waals surface area contributed by atoms with Crippen molar-refractivity contribution in [1.82, 2.24) is 10.6 Å². The summed E-state index contributed by atoms with van der Waals surface area (Å²) in [5, 5.41) is 27.2. The molecule has 0 unspecified atom stereocenters. The predicted octanol–water partition coefficient (Wildman–Crippen LogP) is 0.0788. The molecule has 22 heavy (non-hydrogen) atoms. The van der Waals surface area contributed by atoms with Crippen molar-refractivity contribution >= 4 is 11.8 Å². The van der Waals surface area contributed by atoms with E-state index in [4.69, 9.17) is 10.6 Å². The molecule has 0 aromatic rings. The summed E-state index contributed by atoms with van der Waals surface area (Å²) < 4.78 is 0. The molecule has 0 saturated carbocycles. The van der Waals surface area contributed by atoms with E-state index in [1.807, 2.05) is 0 Å². The number of hydrogen-bond donors (Lipinski definition) is 4. The van der Waals surface area contributed by atoms with E-state index in [2.05, 4.69) is 20.7 Å². The van der Waals surface area contributed by atoms with Gasteiger partial charge in [0.15, 0.2) is 0 Å². The molecule has 1 atom stereocenters. The van der Waals surface area contributed by atoms with Crippen molar-refractivity contribution in [2.45, 2.75) is 39.2 Å². The number of rotatable bonds is 11. The fraction of sp³-hybridized carbons (Fsp3) is 0.846. The Morgan fingerprint density at radius 3 is 2.55 bits per heavy atom. The molecule has 0 aromatic heterocycles. The molecular weight excluding hydrogens is 290 g/mol. The Morgan fingerprint density at radius 1 is 1.27 bits per heavy atom. The molecule has 4 N–H and O–H groups in total. The van der Waals surface area contributed by atoms with Crippen molar-refractivity contribution in [2.24, 2.45) is 10.5 Å². The minimum absolute atomic E-state index is 0.226. The van der Waals surface area contributed by atoms with E-state index in [-0.39, 0.29) is 19.1 Å². The minimum atomic E-state index is -1.38. The molecule has 0 rings (SSSR count). The number of nitrogens with one attached hydrogen (secondary N) is 2. The van der Waals surface area contributed by atoms with Crippen LogP contribution in [0.4, 0.5) is 0 Å². The zero-order valence-electron chi connectivity index (χ0n) is 13.1. The number of carbonyl (C=O) groups is 2. The Kier molecular flexibility index (Phi) is 9.93. The zero-order chi connectivity index (χ0) is 17.0. The molecule has 0 saturated heterocycles. The standard InChI is InChI=1S/C13H25N5O4/c1-13(2,9-19)11(21)12(22)16-8-10(20)15-6-4-3-5-7-17-18-14/h11,19,21H,3-9H2,1-2H3,(H,15,20)(H,16,22)/t11-/m0/s1. The molecule has 0 aromatic carbocycles. The second kappa shape index (κ2) is 10.8. The summed E-state index contributed by atoms with van der Waals surface area (Å²) in [5.41, 5.74) is 7.12. The Morgan fingerprint density at radius 2 is 1.95 bits per heavy atom. The highest BCUT2D eigenvalue weighted by molar-refractivity contribution is 5.87. The van der Waals surface area contributed by atoms with Gasteiger partial charge in [0.1, 0.15) is 6.10 Å². The van der Waals surface area contributed by atoms with Gasteiger partial charge in [0.25, 0.3) is 0 Å². The van der Waals surface area contributed by atoms with Gasteiger partial charge in [0.05, 0.1) is 13.2 Å². The van der Waals surface area contributed by atoms with Crippen LogP contribution in [0.5, 0.6) is 0 Å². The molecule has 0 aliphatic carbocycles. The lowest BCUT2D eigenvalue weighted by Crippen LogP contribution is -2.48. The summed E-state index contributed by atoms with van der Waals surface area (Å²) in [4.78, 5) is 25.8. The van der Waals surface area contributed by atoms with E-state index in [0.29, 0.717) is 13.1 Å². The third kappa shape index (κ3) is 8.46. The first-order chi connectivity index (χ1) is 10.3. The Balaban J connectivity index is 3.81. The number of aliphatic hydroxyl groups is 2. The van der Waals surface area contributed by atoms with Crippen LogP contribution < -0.4 is 10.6 Å². The monoisotopic (exact) mass is 315 g/mol. The van der Waals surface area contributed by atoms with Crippen LogP contribution in [0.25, 0.3) is 10.4 Å². The largest absolute Gasteiger partial charge is 0.396 e. The molecule has 0 bridgehead atoms. The van der Waals surface area contributed by atoms with Crippen LogP contribution in [0.2, 0.25) is 0 Å². The highest BCUT2D eigenvalue weighted by Crippen LogP contribution is 2.19. The SMILES string of the molecule is CC(C)(CO)[C@@H](O)C(=O)NCC(=O)NCCCCCN=[N+]=[N-]. The maximum atomic E-state index is 11.6. The van der Waals surface area contributed by atoms with E-state index >= 15 is 0 Å². The Bertz CT molecular complexity index is 407. The van der Waals surface area contributed by atoms with E-state index in [1.54, 1.807) is 13.8 Å². The molecule has 0 aliphatic rings. The van der Waals surface area contributed by atoms with Crippen LogP contribution in [0, 0.1) is 5.41 Å². The van der Waals surface area contributed by atoms with E-state index < -0.39 is 17.4 Å². The molecule has 0 fully saturated rings. The van der Waals surface area contributed by atoms with Gasteiger partial charge in [-0.15, -0.1) is 0 Å². The fourth-order valence-corrected chi connectivity index (χ4v) is 1.52. The quantitative estimate of drug-likeness (QED) is 0.185. The van der Waals surface area contributed by atoms with Crippen molar-refractivity contribution in [1.29, 1.82) is 0 Å². The summed E-state index contributed by atoms with van der Waals surface area (Å²) in [6, 6.07) is 0. The van der Waals surface area contributed by atoms with Crippen LogP contribution >= 0.6 is 0 Å². The average molecular weight is 315 g/mol. The predicted molar refractivity (Wildman–Crippen MR) is 80.8 cm³/mol. The van der Waals surface area contributed by atoms with Gasteiger partial charge in [-0.3, -0.25) is 9.59 Å². The summed E-state index contributed by atoms with van der Waals surface area (Å²) >= 11 is 0. The van der Waals surface area contributed by atoms with Gasteiger partial charge < -0.3 is 20.8 Å². The molecule has 2 amide bonds. The second-order valence-corrected chi connectivity index (χ2v) is 5.63. The van der Waals surface area contributed by atoms with Crippen molar-refractivity contribution in [2.75, 3.05) is 26.2 Å². The lowest BCUT2D eigenvalue weighted by Gasteiger charge is -2.26. The zero-order valence-corrected chi connectivity index (χ0v) is 13.1. The Labute approximate surface area is 129 Å². The minimum Gasteiger partial charge on any atom is -0.396 e. The molecule has 126 valence electrons. The first kappa shape index (κ1) is 20.2. The number of carbonyl (C=O) groups excluding carboxylic acids is 2. The van der Waals surface area contributed by atoms with Crippen LogP contribution in [-0.2, 0) is 9.59 Å². The Hall–Kier alpha value is -1.83. The van der Waals surface area contributed by atoms with E-state index in [0.717, 1.165) is 19.3 Å². The van der Waals surface area contributed by atoms with Crippen LogP contribution in [-0.4, -0.2) is 54.4 Å². The maximum absolute atomic E-state index is 11.6. The highest BCUT2D eigenvalue weighted by Gasteiger charge is 2.32. The normalized spacial score (nSPS) is 12.2. The first-order valence-electron chi connectivity index (χ1n) is 7.19. The molecular formula is C13H25N5O4. The number of nitrogens with zero attached hydrogens (tertiary/aromatic N) is 3. The topological polar surface area (TPSA) is 147 Å². The van der Waals surface area contributed by atoms with Gasteiger partial charge in [-0.25, -0.2) is 0 Å². The van der Waals surface area contributed by atoms with Crippen molar-refractivity contribution in [3.63, 3.8) is 0 Å². The van der Waals surface area contributed by atoms with Gasteiger partial charge >= 0.3 is 0 Å². The molecule has 0 spiro atoms. The molecule has 9 heteroatoms. The molecule has 0 aliphatic heterocycles. The van der Waals surface area contributed by atoms with Crippen molar-refractivity contribution in [3.05, 3.63) is 10.4 Å². The average Bonchev–Trinajstić information content (AvgIpc) is 2.50. The summed E-state index contributed by atoms with van der Waals surface area (Å²) in [7, 11) is 0. The van der Waals surface area contributed by atoms with Crippen molar-refractivity contribution < 1.29 is 19.8 Å². The third-order valence-electron chi connectivity index (χ3n) is 3.14. The molecule has 9 nitrogen and oxygen atoms in total. The molecule has 0 radical (unpaired) electrons. The maximum Gasteiger partial charge on any atom is 0.249 e. The summed E-state index contributed by atoms with van der Waals surface area (Å²) in [6.07, 6.45) is 0.959. The van der Waals surface area contributed by atoms with Crippen LogP contribution in [0.15, 0.2) is 5.11 Å². The van der Waals surface area contributed by atoms with Crippen LogP contribution in [0.1, 0.15) is 33.1 Å². The van der Waals surface area contributed by atoms with Gasteiger partial charge in [0, 0.05) is 23.4 Å². The number of amides is 2. The lowest BCUT2D eigenvalue weighted by atomic mass is 9.87. The van der Waals surface area contributed by atoms with Crippen LogP contribution in [0.3, 0.4) is 0 Å². The number of hydrogen-bond acceptors (Lipinski definition) is 5. The third-order valence-corrected chi connectivity index (χ3v) is 3.14. The molecule has 0 heterocycles. The van der Waals surface area contributed by atoms with Gasteiger partial charge in [-0.05, 0) is 18.4 Å². The van der Waals surface area contributed by atoms with Crippen molar-refractivity contribution in [3.8, 4) is 0 Å². The lowest BCUT2D eigenvalue weighted by molar-refractivity contribution is -0.138. The second-order valence-electron chi connectivity index (χ2n) is 5.63. The number of aliphatic hydroxyl groups excluding tert-OH is 2. The van der Waals surface area contributed by atoms with Gasteiger partial charge in [-0.1, -0.05) is 25.4 Å². The fourth-order valence-electron chi connectivity index (χ4n) is 1.52. The van der Waals surface area contributed by atoms with Gasteiger partial charge in [-0.2, -0.15) is 0 Å². The first-order valence-corrected chi connectivity index (χ1v) is 7.19. The number of unbranched alkanes of at least 4 members (excludes halogenated alkanes) is 2. The van der Waals surface area contributed by atoms with E-state index in [9.17, 15) is 14.7 Å². The smallest absolute Gasteiger partial charge is 0.249 e. The van der Waals surface area contributed by atoms with E-state index in [1.165, 1.54) is 0 Å². The number of azide groups is 1. The summed E-state index contributed by atoms with van der Waals surface area (Å²) in [6.45, 7) is 3.44.